The highest BCUT2D eigenvalue weighted by molar-refractivity contribution is 5.87. The summed E-state index contributed by atoms with van der Waals surface area (Å²) >= 11 is 0. The summed E-state index contributed by atoms with van der Waals surface area (Å²) in [4.78, 5) is 46.6. The van der Waals surface area contributed by atoms with E-state index in [-0.39, 0.29) is 0 Å². The molecule has 19 heavy (non-hydrogen) atoms. The lowest BCUT2D eigenvalue weighted by molar-refractivity contribution is -0.780. The van der Waals surface area contributed by atoms with Crippen molar-refractivity contribution in [1.29, 1.82) is 0 Å². The third-order valence-corrected chi connectivity index (χ3v) is 1.95. The van der Waals surface area contributed by atoms with Crippen molar-refractivity contribution in [3.05, 3.63) is 52.1 Å². The summed E-state index contributed by atoms with van der Waals surface area (Å²) in [7, 11) is 0. The number of rotatable bonds is 4. The van der Waals surface area contributed by atoms with Crippen LogP contribution in [0, 0.1) is 40.5 Å². The second-order valence-electron chi connectivity index (χ2n) is 2.98. The molecule has 1 saturated heterocycles. The molecule has 1 rings (SSSR count). The quantitative estimate of drug-likeness (QED) is 0.315. The molecule has 15 nitrogen and oxygen atoms in total. The first-order valence-corrected chi connectivity index (χ1v) is 4.06. The van der Waals surface area contributed by atoms with E-state index in [0.29, 0.717) is 0 Å². The molecule has 0 aliphatic carbocycles. The zero-order chi connectivity index (χ0) is 15.0. The maximum absolute atomic E-state index is 11.2. The zero-order valence-electron chi connectivity index (χ0n) is 8.46. The summed E-state index contributed by atoms with van der Waals surface area (Å²) in [5.41, 5.74) is 0. The third kappa shape index (κ3) is 1.83. The summed E-state index contributed by atoms with van der Waals surface area (Å²) < 4.78 is 0. The molecule has 1 fully saturated rings. The lowest BCUT2D eigenvalue weighted by Crippen LogP contribution is -2.59. The molecule has 102 valence electrons. The third-order valence-electron chi connectivity index (χ3n) is 1.95. The lowest BCUT2D eigenvalue weighted by atomic mass is 10.4. The minimum atomic E-state index is -3.65. The van der Waals surface area contributed by atoms with Gasteiger partial charge in [-0.2, -0.15) is 0 Å². The number of carbonyl (C=O) groups is 1. The molecule has 1 heterocycles. The number of hydrogen-bond donors (Lipinski definition) is 2. The van der Waals surface area contributed by atoms with E-state index in [9.17, 15) is 45.3 Å². The van der Waals surface area contributed by atoms with E-state index in [2.05, 4.69) is 0 Å². The van der Waals surface area contributed by atoms with E-state index >= 15 is 0 Å². The zero-order valence-corrected chi connectivity index (χ0v) is 8.46. The Kier molecular flexibility index (Phi) is 2.97. The molecular weight excluding hydrogens is 276 g/mol. The van der Waals surface area contributed by atoms with Crippen molar-refractivity contribution in [2.24, 2.45) is 0 Å². The number of amides is 1. The molecule has 0 bridgehead atoms. The Morgan fingerprint density at radius 1 is 0.947 bits per heavy atom. The summed E-state index contributed by atoms with van der Waals surface area (Å²) in [6, 6.07) is 0. The molecule has 15 heteroatoms. The largest absolute Gasteiger partial charge is 0.623 e. The Hall–Kier alpha value is -3.39. The molecule has 1 amide bonds. The van der Waals surface area contributed by atoms with Gasteiger partial charge in [-0.1, -0.05) is 0 Å². The van der Waals surface area contributed by atoms with Gasteiger partial charge in [-0.15, -0.1) is 0 Å². The van der Waals surface area contributed by atoms with Crippen LogP contribution in [0.3, 0.4) is 0 Å². The van der Waals surface area contributed by atoms with Crippen LogP contribution in [0.4, 0.5) is 0 Å². The predicted molar refractivity (Wildman–Crippen MR) is 49.0 cm³/mol. The van der Waals surface area contributed by atoms with Gasteiger partial charge in [0.25, 0.3) is 5.82 Å². The first kappa shape index (κ1) is 13.7. The van der Waals surface area contributed by atoms with E-state index in [1.807, 2.05) is 0 Å². The van der Waals surface area contributed by atoms with E-state index < -0.39 is 43.0 Å². The van der Waals surface area contributed by atoms with Crippen LogP contribution in [-0.2, 0) is 4.79 Å². The first-order valence-electron chi connectivity index (χ1n) is 4.06. The monoisotopic (exact) mass is 278 g/mol. The van der Waals surface area contributed by atoms with Crippen LogP contribution in [-0.4, -0.2) is 31.4 Å². The number of nitrogens with one attached hydrogen (secondary N) is 2. The highest BCUT2D eigenvalue weighted by Crippen LogP contribution is 2.18. The normalized spacial score (nSPS) is 16.2. The Morgan fingerprint density at radius 2 is 1.37 bits per heavy atom. The average molecular weight is 278 g/mol. The molecule has 2 N–H and O–H groups in total. The summed E-state index contributed by atoms with van der Waals surface area (Å²) in [6.45, 7) is 0. The van der Waals surface area contributed by atoms with Crippen LogP contribution in [0.5, 0.6) is 0 Å². The van der Waals surface area contributed by atoms with Gasteiger partial charge < -0.3 is 0 Å². The Bertz CT molecular complexity index is 519. The maximum Gasteiger partial charge on any atom is 0.623 e. The van der Waals surface area contributed by atoms with Gasteiger partial charge in [0.1, 0.15) is 19.7 Å². The summed E-state index contributed by atoms with van der Waals surface area (Å²) in [5.74, 6) is -8.74. The number of carbonyl (C=O) groups excluding carboxylic acids is 1. The van der Waals surface area contributed by atoms with Gasteiger partial charge in [-0.05, 0) is 0 Å². The molecule has 0 aromatic carbocycles. The molecule has 0 saturated carbocycles. The second kappa shape index (κ2) is 4.13. The van der Waals surface area contributed by atoms with Gasteiger partial charge in [-0.3, -0.25) is 50.6 Å². The van der Waals surface area contributed by atoms with Crippen LogP contribution in [0.2, 0.25) is 0 Å². The molecule has 0 radical (unpaired) electrons. The maximum atomic E-state index is 11.2. The van der Waals surface area contributed by atoms with Crippen LogP contribution in [0.25, 0.3) is 0 Å². The molecule has 0 aromatic rings. The standard InChI is InChI=1S/C4H2N6O9/c11-3-4(9(16)17,10(18)19)6-1(5-3)2(7(12)13)8(14)15/h6H,(H,5,11). The second-order valence-corrected chi connectivity index (χ2v) is 2.98. The number of nitro groups is 4. The van der Waals surface area contributed by atoms with Crippen molar-refractivity contribution < 1.29 is 24.5 Å². The summed E-state index contributed by atoms with van der Waals surface area (Å²) in [6.07, 6.45) is 0. The minimum absolute atomic E-state index is 1.25. The van der Waals surface area contributed by atoms with Gasteiger partial charge >= 0.3 is 17.5 Å². The SMILES string of the molecule is O=C1NC(=C([N+](=O)[O-])[N+](=O)[O-])NC1([N+](=O)[O-])[N+](=O)[O-]. The Morgan fingerprint density at radius 3 is 1.63 bits per heavy atom. The van der Waals surface area contributed by atoms with Crippen LogP contribution in [0.1, 0.15) is 0 Å². The molecule has 1 aliphatic heterocycles. The molecule has 0 spiro atoms. The van der Waals surface area contributed by atoms with Gasteiger partial charge in [0.05, 0.1) is 0 Å². The van der Waals surface area contributed by atoms with Gasteiger partial charge in [0.2, 0.25) is 0 Å². The van der Waals surface area contributed by atoms with E-state index in [1.165, 1.54) is 10.6 Å². The lowest BCUT2D eigenvalue weighted by Gasteiger charge is -2.06. The van der Waals surface area contributed by atoms with E-state index in [1.54, 1.807) is 0 Å². The van der Waals surface area contributed by atoms with Crippen molar-refractivity contribution in [2.45, 2.75) is 5.79 Å². The molecule has 0 atom stereocenters. The molecule has 0 unspecified atom stereocenters. The van der Waals surface area contributed by atoms with E-state index in [0.717, 1.165) is 0 Å². The number of hydrogen-bond acceptors (Lipinski definition) is 10. The molecule has 1 aliphatic rings. The van der Waals surface area contributed by atoms with Crippen molar-refractivity contribution in [3.8, 4) is 0 Å². The fraction of sp³-hybridized carbons (Fsp3) is 0.250. The molecule has 0 aromatic heterocycles. The Balaban J connectivity index is 3.44. The average Bonchev–Trinajstić information content (AvgIpc) is 2.55. The van der Waals surface area contributed by atoms with Crippen LogP contribution >= 0.6 is 0 Å². The highest BCUT2D eigenvalue weighted by atomic mass is 16.7. The Labute approximate surface area is 100 Å². The molecular formula is C4H2N6O9. The smallest absolute Gasteiger partial charge is 0.285 e. The van der Waals surface area contributed by atoms with Crippen molar-refractivity contribution in [3.63, 3.8) is 0 Å². The fourth-order valence-electron chi connectivity index (χ4n) is 1.15. The predicted octanol–water partition coefficient (Wildman–Crippen LogP) is -2.41. The number of nitrogens with zero attached hydrogens (tertiary/aromatic N) is 4. The first-order chi connectivity index (χ1) is 8.64. The summed E-state index contributed by atoms with van der Waals surface area (Å²) in [5, 5.41) is 44.4. The van der Waals surface area contributed by atoms with E-state index in [4.69, 9.17) is 0 Å². The van der Waals surface area contributed by atoms with Gasteiger partial charge in [-0.25, -0.2) is 5.32 Å². The van der Waals surface area contributed by atoms with Crippen LogP contribution in [0.15, 0.2) is 11.6 Å². The van der Waals surface area contributed by atoms with Crippen molar-refractivity contribution >= 4 is 5.91 Å². The van der Waals surface area contributed by atoms with Crippen molar-refractivity contribution in [2.75, 3.05) is 0 Å². The minimum Gasteiger partial charge on any atom is -0.285 e. The fourth-order valence-corrected chi connectivity index (χ4v) is 1.15. The topological polar surface area (TPSA) is 214 Å². The highest BCUT2D eigenvalue weighted by Gasteiger charge is 2.72. The van der Waals surface area contributed by atoms with Crippen LogP contribution < -0.4 is 10.6 Å². The van der Waals surface area contributed by atoms with Gasteiger partial charge in [0, 0.05) is 0 Å². The van der Waals surface area contributed by atoms with Crippen molar-refractivity contribution in [1.82, 2.24) is 10.6 Å². The van der Waals surface area contributed by atoms with Gasteiger partial charge in [0.15, 0.2) is 0 Å².